The molecule has 3 aromatic rings. The van der Waals surface area contributed by atoms with E-state index >= 15 is 0 Å². The quantitative estimate of drug-likeness (QED) is 0.801. The lowest BCUT2D eigenvalue weighted by molar-refractivity contribution is 0.102. The van der Waals surface area contributed by atoms with Crippen LogP contribution in [0.15, 0.2) is 36.7 Å². The highest BCUT2D eigenvalue weighted by Gasteiger charge is 2.27. The molecule has 1 aliphatic carbocycles. The Hall–Kier alpha value is -2.76. The van der Waals surface area contributed by atoms with Gasteiger partial charge >= 0.3 is 0 Å². The van der Waals surface area contributed by atoms with Gasteiger partial charge in [-0.1, -0.05) is 6.92 Å². The third kappa shape index (κ3) is 2.35. The Morgan fingerprint density at radius 1 is 1.38 bits per heavy atom. The van der Waals surface area contributed by atoms with E-state index in [1.54, 1.807) is 6.33 Å². The number of fused-ring (bicyclic) bond motifs is 3. The van der Waals surface area contributed by atoms with Crippen LogP contribution in [0.4, 0.5) is 10.1 Å². The summed E-state index contributed by atoms with van der Waals surface area (Å²) in [6, 6.07) is 7.66. The van der Waals surface area contributed by atoms with E-state index < -0.39 is 0 Å². The van der Waals surface area contributed by atoms with E-state index in [1.165, 1.54) is 35.5 Å². The van der Waals surface area contributed by atoms with E-state index in [0.29, 0.717) is 22.8 Å². The number of carbonyl (C=O) groups is 1. The van der Waals surface area contributed by atoms with E-state index in [4.69, 9.17) is 0 Å². The average Bonchev–Trinajstić information content (AvgIpc) is 3.21. The van der Waals surface area contributed by atoms with Gasteiger partial charge in [0.05, 0.1) is 5.56 Å². The van der Waals surface area contributed by atoms with Crippen LogP contribution in [0.5, 0.6) is 0 Å². The van der Waals surface area contributed by atoms with Crippen LogP contribution < -0.4 is 5.32 Å². The molecule has 0 spiro atoms. The first-order valence-electron chi connectivity index (χ1n) is 8.09. The summed E-state index contributed by atoms with van der Waals surface area (Å²) in [6.45, 7) is 2.16. The molecule has 6 heteroatoms. The summed E-state index contributed by atoms with van der Waals surface area (Å²) in [6.07, 6.45) is 4.77. The topological polar surface area (TPSA) is 59.3 Å². The predicted molar refractivity (Wildman–Crippen MR) is 88.7 cm³/mol. The fraction of sp³-hybridized carbons (Fsp3) is 0.278. The van der Waals surface area contributed by atoms with Gasteiger partial charge in [-0.25, -0.2) is 4.39 Å². The van der Waals surface area contributed by atoms with E-state index in [0.717, 1.165) is 19.3 Å². The number of rotatable bonds is 3. The lowest BCUT2D eigenvalue weighted by Crippen LogP contribution is -2.15. The van der Waals surface area contributed by atoms with Crippen LogP contribution in [0.25, 0.3) is 5.65 Å². The second kappa shape index (κ2) is 5.70. The number of aromatic nitrogens is 3. The molecule has 0 fully saturated rings. The predicted octanol–water partition coefficient (Wildman–Crippen LogP) is 3.56. The van der Waals surface area contributed by atoms with Crippen LogP contribution >= 0.6 is 0 Å². The highest BCUT2D eigenvalue weighted by Crippen LogP contribution is 2.36. The molecule has 5 nitrogen and oxygen atoms in total. The molecule has 2 heterocycles. The second-order valence-electron chi connectivity index (χ2n) is 6.09. The molecular formula is C18H17FN4O. The molecule has 0 bridgehead atoms. The normalized spacial score (nSPS) is 16.3. The molecule has 1 atom stereocenters. The number of hydrogen-bond donors (Lipinski definition) is 1. The molecule has 1 aliphatic rings. The molecule has 0 radical (unpaired) electrons. The number of hydrogen-bond acceptors (Lipinski definition) is 3. The molecule has 0 saturated heterocycles. The molecule has 2 aromatic heterocycles. The van der Waals surface area contributed by atoms with Crippen LogP contribution in [0.2, 0.25) is 0 Å². The number of amides is 1. The van der Waals surface area contributed by atoms with Crippen LogP contribution in [-0.2, 0) is 6.42 Å². The lowest BCUT2D eigenvalue weighted by Gasteiger charge is -2.12. The van der Waals surface area contributed by atoms with Crippen LogP contribution in [0.1, 0.15) is 47.3 Å². The van der Waals surface area contributed by atoms with E-state index in [-0.39, 0.29) is 11.7 Å². The fourth-order valence-electron chi connectivity index (χ4n) is 3.47. The summed E-state index contributed by atoms with van der Waals surface area (Å²) in [5.74, 6) is -0.135. The molecule has 24 heavy (non-hydrogen) atoms. The minimum atomic E-state index is -0.337. The minimum Gasteiger partial charge on any atom is -0.322 e. The van der Waals surface area contributed by atoms with Gasteiger partial charge in [-0.15, -0.1) is 10.2 Å². The first-order chi connectivity index (χ1) is 11.7. The SMILES string of the molecule is CCC1CCc2c1cc(C(=O)Nc1ccc(F)cc1)c1nncn21. The van der Waals surface area contributed by atoms with Crippen molar-refractivity contribution in [2.45, 2.75) is 32.1 Å². The first-order valence-corrected chi connectivity index (χ1v) is 8.09. The minimum absolute atomic E-state index is 0.260. The molecule has 1 aromatic carbocycles. The third-order valence-corrected chi connectivity index (χ3v) is 4.72. The Kier molecular flexibility index (Phi) is 3.52. The van der Waals surface area contributed by atoms with Gasteiger partial charge in [-0.05, 0) is 61.1 Å². The van der Waals surface area contributed by atoms with Crippen molar-refractivity contribution in [1.29, 1.82) is 0 Å². The summed E-state index contributed by atoms with van der Waals surface area (Å²) >= 11 is 0. The fourth-order valence-corrected chi connectivity index (χ4v) is 3.47. The van der Waals surface area contributed by atoms with Crippen molar-refractivity contribution in [2.75, 3.05) is 5.32 Å². The summed E-state index contributed by atoms with van der Waals surface area (Å²) in [5, 5.41) is 10.9. The standard InChI is InChI=1S/C18H17FN4O/c1-2-11-3-8-16-14(11)9-15(17-22-20-10-23(16)17)18(24)21-13-6-4-12(19)5-7-13/h4-7,9-11H,2-3,8H2,1H3,(H,21,24). The number of aryl methyl sites for hydroxylation is 1. The van der Waals surface area contributed by atoms with Gasteiger partial charge in [0.2, 0.25) is 0 Å². The number of anilines is 1. The van der Waals surface area contributed by atoms with Gasteiger partial charge in [-0.2, -0.15) is 0 Å². The third-order valence-electron chi connectivity index (χ3n) is 4.72. The summed E-state index contributed by atoms with van der Waals surface area (Å²) < 4.78 is 14.9. The maximum absolute atomic E-state index is 13.0. The van der Waals surface area contributed by atoms with Crippen LogP contribution in [0.3, 0.4) is 0 Å². The number of carbonyl (C=O) groups excluding carboxylic acids is 1. The van der Waals surface area contributed by atoms with Crippen molar-refractivity contribution < 1.29 is 9.18 Å². The Morgan fingerprint density at radius 3 is 2.92 bits per heavy atom. The van der Waals surface area contributed by atoms with Gasteiger partial charge in [0, 0.05) is 11.4 Å². The molecule has 0 saturated carbocycles. The Balaban J connectivity index is 1.76. The number of halogens is 1. The van der Waals surface area contributed by atoms with Crippen LogP contribution in [-0.4, -0.2) is 20.5 Å². The highest BCUT2D eigenvalue weighted by molar-refractivity contribution is 6.08. The van der Waals surface area contributed by atoms with Crippen molar-refractivity contribution in [3.8, 4) is 0 Å². The summed E-state index contributed by atoms with van der Waals surface area (Å²) in [7, 11) is 0. The second-order valence-corrected chi connectivity index (χ2v) is 6.09. The summed E-state index contributed by atoms with van der Waals surface area (Å²) in [4.78, 5) is 12.7. The van der Waals surface area contributed by atoms with Gasteiger partial charge in [-0.3, -0.25) is 9.20 Å². The molecule has 1 unspecified atom stereocenters. The average molecular weight is 324 g/mol. The monoisotopic (exact) mass is 324 g/mol. The Morgan fingerprint density at radius 2 is 2.17 bits per heavy atom. The molecular weight excluding hydrogens is 307 g/mol. The van der Waals surface area contributed by atoms with Crippen molar-refractivity contribution >= 4 is 17.2 Å². The van der Waals surface area contributed by atoms with Crippen molar-refractivity contribution in [2.24, 2.45) is 0 Å². The van der Waals surface area contributed by atoms with E-state index in [9.17, 15) is 9.18 Å². The molecule has 122 valence electrons. The Bertz CT molecular complexity index is 917. The zero-order chi connectivity index (χ0) is 16.7. The maximum atomic E-state index is 13.0. The van der Waals surface area contributed by atoms with Crippen molar-refractivity contribution in [3.63, 3.8) is 0 Å². The highest BCUT2D eigenvalue weighted by atomic mass is 19.1. The lowest BCUT2D eigenvalue weighted by atomic mass is 9.98. The zero-order valence-electron chi connectivity index (χ0n) is 13.3. The van der Waals surface area contributed by atoms with Gasteiger partial charge in [0.15, 0.2) is 5.65 Å². The smallest absolute Gasteiger partial charge is 0.259 e. The largest absolute Gasteiger partial charge is 0.322 e. The number of benzene rings is 1. The van der Waals surface area contributed by atoms with Crippen LogP contribution in [0, 0.1) is 5.82 Å². The van der Waals surface area contributed by atoms with Crippen molar-refractivity contribution in [1.82, 2.24) is 14.6 Å². The molecule has 4 rings (SSSR count). The van der Waals surface area contributed by atoms with E-state index in [1.807, 2.05) is 10.5 Å². The number of pyridine rings is 1. The molecule has 1 amide bonds. The number of nitrogens with one attached hydrogen (secondary N) is 1. The van der Waals surface area contributed by atoms with Gasteiger partial charge in [0.25, 0.3) is 5.91 Å². The molecule has 1 N–H and O–H groups in total. The van der Waals surface area contributed by atoms with Crippen molar-refractivity contribution in [3.05, 3.63) is 59.3 Å². The molecule has 0 aliphatic heterocycles. The van der Waals surface area contributed by atoms with E-state index in [2.05, 4.69) is 22.4 Å². The van der Waals surface area contributed by atoms with Gasteiger partial charge < -0.3 is 5.32 Å². The summed E-state index contributed by atoms with van der Waals surface area (Å²) in [5.41, 5.74) is 4.00. The first kappa shape index (κ1) is 14.8. The maximum Gasteiger partial charge on any atom is 0.259 e. The number of nitrogens with zero attached hydrogens (tertiary/aromatic N) is 3. The Labute approximate surface area is 138 Å². The van der Waals surface area contributed by atoms with Gasteiger partial charge in [0.1, 0.15) is 12.1 Å². The zero-order valence-corrected chi connectivity index (χ0v) is 13.3.